The zero-order valence-electron chi connectivity index (χ0n) is 8.27. The Morgan fingerprint density at radius 1 is 1.44 bits per heavy atom. The molecule has 16 heavy (non-hydrogen) atoms. The second-order valence-corrected chi connectivity index (χ2v) is 4.68. The van der Waals surface area contributed by atoms with E-state index in [1.54, 1.807) is 6.20 Å². The molecule has 0 aliphatic rings. The van der Waals surface area contributed by atoms with Gasteiger partial charge in [-0.15, -0.1) is 11.3 Å². The number of aromatic nitrogens is 3. The van der Waals surface area contributed by atoms with Gasteiger partial charge in [0.2, 0.25) is 0 Å². The van der Waals surface area contributed by atoms with Gasteiger partial charge in [-0.1, -0.05) is 16.8 Å². The van der Waals surface area contributed by atoms with Crippen LogP contribution in [0.2, 0.25) is 5.15 Å². The number of hydrogen-bond acceptors (Lipinski definition) is 5. The van der Waals surface area contributed by atoms with E-state index in [2.05, 4.69) is 15.1 Å². The Labute approximate surface area is 99.9 Å². The Balaban J connectivity index is 2.22. The van der Waals surface area contributed by atoms with Crippen molar-refractivity contribution in [3.05, 3.63) is 29.2 Å². The van der Waals surface area contributed by atoms with Crippen molar-refractivity contribution < 1.29 is 4.52 Å². The van der Waals surface area contributed by atoms with Gasteiger partial charge in [-0.2, -0.15) is 0 Å². The molecule has 4 nitrogen and oxygen atoms in total. The second kappa shape index (κ2) is 3.54. The van der Waals surface area contributed by atoms with E-state index in [4.69, 9.17) is 16.1 Å². The highest BCUT2D eigenvalue weighted by Crippen LogP contribution is 2.31. The summed E-state index contributed by atoms with van der Waals surface area (Å²) >= 11 is 7.47. The fourth-order valence-electron chi connectivity index (χ4n) is 1.40. The summed E-state index contributed by atoms with van der Waals surface area (Å²) in [6.45, 7) is 1.85. The van der Waals surface area contributed by atoms with Crippen molar-refractivity contribution in [1.82, 2.24) is 15.1 Å². The zero-order valence-corrected chi connectivity index (χ0v) is 9.84. The topological polar surface area (TPSA) is 51.8 Å². The molecular formula is C10H6ClN3OS. The lowest BCUT2D eigenvalue weighted by Gasteiger charge is -1.87. The first-order chi connectivity index (χ1) is 7.74. The van der Waals surface area contributed by atoms with Crippen molar-refractivity contribution in [2.75, 3.05) is 0 Å². The highest BCUT2D eigenvalue weighted by molar-refractivity contribution is 7.21. The van der Waals surface area contributed by atoms with E-state index < -0.39 is 0 Å². The molecule has 3 heterocycles. The van der Waals surface area contributed by atoms with Gasteiger partial charge in [0.1, 0.15) is 22.0 Å². The largest absolute Gasteiger partial charge is 0.361 e. The number of hydrogen-bond donors (Lipinski definition) is 0. The van der Waals surface area contributed by atoms with E-state index >= 15 is 0 Å². The van der Waals surface area contributed by atoms with Gasteiger partial charge in [0, 0.05) is 12.3 Å². The molecule has 3 rings (SSSR count). The maximum absolute atomic E-state index is 5.95. The summed E-state index contributed by atoms with van der Waals surface area (Å²) in [4.78, 5) is 8.38. The van der Waals surface area contributed by atoms with Crippen LogP contribution in [0.3, 0.4) is 0 Å². The Morgan fingerprint density at radius 2 is 2.31 bits per heavy atom. The van der Waals surface area contributed by atoms with E-state index in [1.807, 2.05) is 19.1 Å². The molecule has 0 aliphatic carbocycles. The van der Waals surface area contributed by atoms with Crippen molar-refractivity contribution in [3.63, 3.8) is 0 Å². The molecule has 0 aliphatic heterocycles. The first-order valence-corrected chi connectivity index (χ1v) is 5.78. The molecule has 0 unspecified atom stereocenters. The summed E-state index contributed by atoms with van der Waals surface area (Å²) in [6, 6.07) is 3.73. The average Bonchev–Trinajstić information content (AvgIpc) is 2.84. The molecule has 3 aromatic rings. The summed E-state index contributed by atoms with van der Waals surface area (Å²) < 4.78 is 6.01. The minimum atomic E-state index is 0.417. The average molecular weight is 252 g/mol. The molecule has 0 N–H and O–H groups in total. The number of fused-ring (bicyclic) bond motifs is 1. The third-order valence-corrected chi connectivity index (χ3v) is 3.43. The van der Waals surface area contributed by atoms with Crippen LogP contribution in [-0.2, 0) is 0 Å². The number of aryl methyl sites for hydroxylation is 1. The van der Waals surface area contributed by atoms with Crippen LogP contribution in [0, 0.1) is 6.92 Å². The Bertz CT molecular complexity index is 661. The molecule has 0 amide bonds. The van der Waals surface area contributed by atoms with Crippen molar-refractivity contribution in [3.8, 4) is 10.7 Å². The van der Waals surface area contributed by atoms with Gasteiger partial charge < -0.3 is 4.52 Å². The van der Waals surface area contributed by atoms with Crippen molar-refractivity contribution in [2.45, 2.75) is 6.92 Å². The molecule has 0 saturated heterocycles. The SMILES string of the molecule is Cc1cc(-c2nc3c(Cl)nccc3s2)no1. The lowest BCUT2D eigenvalue weighted by molar-refractivity contribution is 0.399. The van der Waals surface area contributed by atoms with E-state index in [-0.39, 0.29) is 0 Å². The van der Waals surface area contributed by atoms with Crippen LogP contribution in [-0.4, -0.2) is 15.1 Å². The van der Waals surface area contributed by atoms with Crippen LogP contribution in [0.1, 0.15) is 5.76 Å². The van der Waals surface area contributed by atoms with Crippen LogP contribution in [0.25, 0.3) is 20.9 Å². The predicted molar refractivity (Wildman–Crippen MR) is 62.7 cm³/mol. The van der Waals surface area contributed by atoms with E-state index in [1.165, 1.54) is 11.3 Å². The summed E-state index contributed by atoms with van der Waals surface area (Å²) in [5.74, 6) is 0.762. The van der Waals surface area contributed by atoms with Crippen LogP contribution in [0.15, 0.2) is 22.9 Å². The summed E-state index contributed by atoms with van der Waals surface area (Å²) in [6.07, 6.45) is 1.67. The van der Waals surface area contributed by atoms with Gasteiger partial charge in [-0.3, -0.25) is 0 Å². The van der Waals surface area contributed by atoms with Gasteiger partial charge in [-0.05, 0) is 13.0 Å². The van der Waals surface area contributed by atoms with Crippen LogP contribution >= 0.6 is 22.9 Å². The number of nitrogens with zero attached hydrogens (tertiary/aromatic N) is 3. The second-order valence-electron chi connectivity index (χ2n) is 3.29. The summed E-state index contributed by atoms with van der Waals surface area (Å²) in [7, 11) is 0. The zero-order chi connectivity index (χ0) is 11.1. The molecule has 0 aromatic carbocycles. The van der Waals surface area contributed by atoms with Crippen LogP contribution in [0.5, 0.6) is 0 Å². The van der Waals surface area contributed by atoms with Crippen LogP contribution < -0.4 is 0 Å². The fraction of sp³-hybridized carbons (Fsp3) is 0.100. The smallest absolute Gasteiger partial charge is 0.156 e. The third kappa shape index (κ3) is 1.48. The maximum Gasteiger partial charge on any atom is 0.156 e. The van der Waals surface area contributed by atoms with E-state index in [9.17, 15) is 0 Å². The quantitative estimate of drug-likeness (QED) is 0.623. The first-order valence-electron chi connectivity index (χ1n) is 4.59. The lowest BCUT2D eigenvalue weighted by Crippen LogP contribution is -1.77. The van der Waals surface area contributed by atoms with E-state index in [0.29, 0.717) is 10.7 Å². The molecule has 3 aromatic heterocycles. The number of halogens is 1. The molecule has 0 radical (unpaired) electrons. The van der Waals surface area contributed by atoms with Gasteiger partial charge in [0.25, 0.3) is 0 Å². The third-order valence-electron chi connectivity index (χ3n) is 2.11. The first kappa shape index (κ1) is 9.74. The molecule has 0 saturated carbocycles. The summed E-state index contributed by atoms with van der Waals surface area (Å²) in [5, 5.41) is 5.13. The highest BCUT2D eigenvalue weighted by Gasteiger charge is 2.12. The highest BCUT2D eigenvalue weighted by atomic mass is 35.5. The van der Waals surface area contributed by atoms with Gasteiger partial charge >= 0.3 is 0 Å². The van der Waals surface area contributed by atoms with Crippen molar-refractivity contribution in [1.29, 1.82) is 0 Å². The molecule has 0 atom stereocenters. The minimum Gasteiger partial charge on any atom is -0.361 e. The molecule has 0 bridgehead atoms. The molecule has 0 fully saturated rings. The molecule has 0 spiro atoms. The van der Waals surface area contributed by atoms with Gasteiger partial charge in [-0.25, -0.2) is 9.97 Å². The fourth-order valence-corrected chi connectivity index (χ4v) is 2.57. The molecular weight excluding hydrogens is 246 g/mol. The Kier molecular flexibility index (Phi) is 2.15. The number of pyridine rings is 1. The number of thiazole rings is 1. The Hall–Kier alpha value is -1.46. The van der Waals surface area contributed by atoms with Gasteiger partial charge in [0.05, 0.1) is 4.70 Å². The van der Waals surface area contributed by atoms with E-state index in [0.717, 1.165) is 21.2 Å². The maximum atomic E-state index is 5.95. The normalized spacial score (nSPS) is 11.1. The standard InChI is InChI=1S/C10H6ClN3OS/c1-5-4-6(14-15-5)10-13-8-7(16-10)2-3-12-9(8)11/h2-4H,1H3. The monoisotopic (exact) mass is 251 g/mol. The van der Waals surface area contributed by atoms with Crippen molar-refractivity contribution in [2.24, 2.45) is 0 Å². The minimum absolute atomic E-state index is 0.417. The van der Waals surface area contributed by atoms with Crippen molar-refractivity contribution >= 4 is 33.2 Å². The number of rotatable bonds is 1. The predicted octanol–water partition coefficient (Wildman–Crippen LogP) is 3.31. The van der Waals surface area contributed by atoms with Crippen LogP contribution in [0.4, 0.5) is 0 Å². The molecule has 80 valence electrons. The molecule has 6 heteroatoms. The summed E-state index contributed by atoms with van der Waals surface area (Å²) in [5.41, 5.74) is 1.44. The Morgan fingerprint density at radius 3 is 3.00 bits per heavy atom. The van der Waals surface area contributed by atoms with Gasteiger partial charge in [0.15, 0.2) is 5.15 Å². The lowest BCUT2D eigenvalue weighted by atomic mass is 10.4.